The lowest BCUT2D eigenvalue weighted by molar-refractivity contribution is -0.116. The number of thiazole rings is 1. The van der Waals surface area contributed by atoms with Crippen molar-refractivity contribution in [3.63, 3.8) is 0 Å². The first kappa shape index (κ1) is 16.1. The van der Waals surface area contributed by atoms with Crippen LogP contribution in [0.25, 0.3) is 0 Å². The summed E-state index contributed by atoms with van der Waals surface area (Å²) in [7, 11) is 0. The summed E-state index contributed by atoms with van der Waals surface area (Å²) in [6.07, 6.45) is 1.76. The third-order valence-corrected chi connectivity index (χ3v) is 3.81. The molecule has 0 radical (unpaired) electrons. The Labute approximate surface area is 118 Å². The molecule has 0 bridgehead atoms. The highest BCUT2D eigenvalue weighted by atomic mass is 32.1. The first-order valence-electron chi connectivity index (χ1n) is 6.65. The van der Waals surface area contributed by atoms with E-state index in [2.05, 4.69) is 17.2 Å². The van der Waals surface area contributed by atoms with E-state index < -0.39 is 0 Å². The summed E-state index contributed by atoms with van der Waals surface area (Å²) in [5.41, 5.74) is 0.954. The van der Waals surface area contributed by atoms with Crippen LogP contribution in [0.4, 0.5) is 5.13 Å². The molecule has 1 rings (SSSR count). The third-order valence-electron chi connectivity index (χ3n) is 2.89. The second kappa shape index (κ2) is 8.24. The number of hydrogen-bond donors (Lipinski definition) is 2. The van der Waals surface area contributed by atoms with Crippen molar-refractivity contribution in [1.82, 2.24) is 10.3 Å². The van der Waals surface area contributed by atoms with Gasteiger partial charge in [0.05, 0.1) is 5.69 Å². The molecular weight excluding hydrogens is 262 g/mol. The second-order valence-corrected chi connectivity index (χ2v) is 5.37. The van der Waals surface area contributed by atoms with Gasteiger partial charge in [0.25, 0.3) is 0 Å². The molecule has 6 heteroatoms. The van der Waals surface area contributed by atoms with Crippen LogP contribution in [0.1, 0.15) is 39.3 Å². The maximum absolute atomic E-state index is 11.4. The fourth-order valence-corrected chi connectivity index (χ4v) is 2.70. The zero-order valence-corrected chi connectivity index (χ0v) is 12.7. The van der Waals surface area contributed by atoms with E-state index in [0.29, 0.717) is 19.1 Å². The average molecular weight is 285 g/mol. The number of nitrogens with zero attached hydrogens (tertiary/aromatic N) is 2. The van der Waals surface area contributed by atoms with Crippen LogP contribution < -0.4 is 10.2 Å². The van der Waals surface area contributed by atoms with E-state index >= 15 is 0 Å². The minimum absolute atomic E-state index is 0.0210. The van der Waals surface area contributed by atoms with Crippen LogP contribution in [0.3, 0.4) is 0 Å². The standard InChI is InChI=1S/C13H23N3O2S/c1-4-16(11(3)18)13-15-12(9-19-13)8-14-10(2)6-5-7-17/h9-10,14,17H,4-8H2,1-3H3. The average Bonchev–Trinajstić information content (AvgIpc) is 2.83. The molecule has 0 aliphatic heterocycles. The Balaban J connectivity index is 2.48. The summed E-state index contributed by atoms with van der Waals surface area (Å²) in [6, 6.07) is 0.354. The van der Waals surface area contributed by atoms with Gasteiger partial charge in [0, 0.05) is 38.0 Å². The molecule has 0 spiro atoms. The van der Waals surface area contributed by atoms with Gasteiger partial charge in [0.15, 0.2) is 5.13 Å². The zero-order valence-electron chi connectivity index (χ0n) is 11.8. The van der Waals surface area contributed by atoms with Gasteiger partial charge in [-0.3, -0.25) is 9.69 Å². The van der Waals surface area contributed by atoms with E-state index in [1.807, 2.05) is 12.3 Å². The van der Waals surface area contributed by atoms with Crippen LogP contribution in [0, 0.1) is 0 Å². The Kier molecular flexibility index (Phi) is 6.97. The number of carbonyl (C=O) groups is 1. The van der Waals surface area contributed by atoms with Crippen molar-refractivity contribution in [2.45, 2.75) is 46.2 Å². The van der Waals surface area contributed by atoms with Crippen LogP contribution in [0.2, 0.25) is 0 Å². The number of nitrogens with one attached hydrogen (secondary N) is 1. The van der Waals surface area contributed by atoms with Crippen LogP contribution >= 0.6 is 11.3 Å². The molecule has 1 aromatic heterocycles. The molecule has 5 nitrogen and oxygen atoms in total. The maximum atomic E-state index is 11.4. The zero-order chi connectivity index (χ0) is 14.3. The Hall–Kier alpha value is -0.980. The van der Waals surface area contributed by atoms with Gasteiger partial charge < -0.3 is 10.4 Å². The predicted molar refractivity (Wildman–Crippen MR) is 78.4 cm³/mol. The molecule has 0 saturated carbocycles. The highest BCUT2D eigenvalue weighted by Gasteiger charge is 2.13. The molecule has 0 aliphatic carbocycles. The summed E-state index contributed by atoms with van der Waals surface area (Å²) in [4.78, 5) is 17.6. The van der Waals surface area contributed by atoms with Gasteiger partial charge in [-0.05, 0) is 26.7 Å². The molecule has 0 aliphatic rings. The maximum Gasteiger partial charge on any atom is 0.225 e. The van der Waals surface area contributed by atoms with E-state index in [0.717, 1.165) is 23.7 Å². The largest absolute Gasteiger partial charge is 0.396 e. The number of carbonyl (C=O) groups excluding carboxylic acids is 1. The van der Waals surface area contributed by atoms with Gasteiger partial charge in [-0.2, -0.15) is 0 Å². The van der Waals surface area contributed by atoms with Crippen molar-refractivity contribution in [2.75, 3.05) is 18.1 Å². The summed E-state index contributed by atoms with van der Waals surface area (Å²) in [5.74, 6) is 0.0210. The Morgan fingerprint density at radius 2 is 2.37 bits per heavy atom. The lowest BCUT2D eigenvalue weighted by Crippen LogP contribution is -2.28. The molecule has 1 atom stereocenters. The number of aliphatic hydroxyl groups is 1. The van der Waals surface area contributed by atoms with Crippen LogP contribution in [0.15, 0.2) is 5.38 Å². The smallest absolute Gasteiger partial charge is 0.225 e. The minimum Gasteiger partial charge on any atom is -0.396 e. The quantitative estimate of drug-likeness (QED) is 0.764. The number of aromatic nitrogens is 1. The lowest BCUT2D eigenvalue weighted by atomic mass is 10.2. The fourth-order valence-electron chi connectivity index (χ4n) is 1.77. The van der Waals surface area contributed by atoms with E-state index in [9.17, 15) is 4.79 Å². The summed E-state index contributed by atoms with van der Waals surface area (Å²) in [5, 5.41) is 14.9. The van der Waals surface area contributed by atoms with Crippen molar-refractivity contribution < 1.29 is 9.90 Å². The van der Waals surface area contributed by atoms with Gasteiger partial charge >= 0.3 is 0 Å². The molecule has 1 unspecified atom stereocenters. The fraction of sp³-hybridized carbons (Fsp3) is 0.692. The van der Waals surface area contributed by atoms with E-state index in [1.54, 1.807) is 11.8 Å². The predicted octanol–water partition coefficient (Wildman–Crippen LogP) is 1.77. The molecule has 2 N–H and O–H groups in total. The molecule has 1 amide bonds. The van der Waals surface area contributed by atoms with Gasteiger partial charge in [0.2, 0.25) is 5.91 Å². The van der Waals surface area contributed by atoms with Gasteiger partial charge in [-0.15, -0.1) is 11.3 Å². The number of rotatable bonds is 8. The van der Waals surface area contributed by atoms with Crippen molar-refractivity contribution >= 4 is 22.4 Å². The highest BCUT2D eigenvalue weighted by molar-refractivity contribution is 7.14. The van der Waals surface area contributed by atoms with Crippen molar-refractivity contribution in [1.29, 1.82) is 0 Å². The summed E-state index contributed by atoms with van der Waals surface area (Å²) in [6.45, 7) is 7.16. The molecular formula is C13H23N3O2S. The van der Waals surface area contributed by atoms with Gasteiger partial charge in [-0.25, -0.2) is 4.98 Å². The molecule has 0 fully saturated rings. The molecule has 0 saturated heterocycles. The molecule has 1 heterocycles. The first-order valence-corrected chi connectivity index (χ1v) is 7.53. The van der Waals surface area contributed by atoms with Gasteiger partial charge in [0.1, 0.15) is 0 Å². The molecule has 108 valence electrons. The topological polar surface area (TPSA) is 65.5 Å². The first-order chi connectivity index (χ1) is 9.08. The Bertz CT molecular complexity index is 395. The van der Waals surface area contributed by atoms with Crippen molar-refractivity contribution in [2.24, 2.45) is 0 Å². The minimum atomic E-state index is 0.0210. The summed E-state index contributed by atoms with van der Waals surface area (Å²) < 4.78 is 0. The van der Waals surface area contributed by atoms with E-state index in [-0.39, 0.29) is 12.5 Å². The molecule has 1 aromatic rings. The summed E-state index contributed by atoms with van der Waals surface area (Å²) >= 11 is 1.49. The highest BCUT2D eigenvalue weighted by Crippen LogP contribution is 2.20. The Morgan fingerprint density at radius 1 is 1.63 bits per heavy atom. The van der Waals surface area contributed by atoms with Gasteiger partial charge in [-0.1, -0.05) is 0 Å². The number of anilines is 1. The number of amides is 1. The molecule has 0 aromatic carbocycles. The van der Waals surface area contributed by atoms with Crippen molar-refractivity contribution in [3.8, 4) is 0 Å². The van der Waals surface area contributed by atoms with Crippen LogP contribution in [-0.2, 0) is 11.3 Å². The van der Waals surface area contributed by atoms with E-state index in [4.69, 9.17) is 5.11 Å². The van der Waals surface area contributed by atoms with Crippen LogP contribution in [-0.4, -0.2) is 35.2 Å². The van der Waals surface area contributed by atoms with Crippen molar-refractivity contribution in [3.05, 3.63) is 11.1 Å². The second-order valence-electron chi connectivity index (χ2n) is 4.53. The van der Waals surface area contributed by atoms with E-state index in [1.165, 1.54) is 11.3 Å². The number of hydrogen-bond acceptors (Lipinski definition) is 5. The Morgan fingerprint density at radius 3 is 2.95 bits per heavy atom. The number of aliphatic hydroxyl groups excluding tert-OH is 1. The van der Waals surface area contributed by atoms with Crippen LogP contribution in [0.5, 0.6) is 0 Å². The lowest BCUT2D eigenvalue weighted by Gasteiger charge is -2.14. The normalized spacial score (nSPS) is 12.4. The molecule has 19 heavy (non-hydrogen) atoms. The monoisotopic (exact) mass is 285 g/mol. The third kappa shape index (κ3) is 5.26. The SMILES string of the molecule is CCN(C(C)=O)c1nc(CNC(C)CCCO)cs1.